The highest BCUT2D eigenvalue weighted by Gasteiger charge is 2.43. The van der Waals surface area contributed by atoms with Crippen LogP contribution in [-0.4, -0.2) is 53.3 Å². The third kappa shape index (κ3) is 3.23. The number of piperidine rings is 1. The molecule has 0 unspecified atom stereocenters. The fourth-order valence-electron chi connectivity index (χ4n) is 3.12. The van der Waals surface area contributed by atoms with E-state index in [1.807, 2.05) is 6.92 Å². The van der Waals surface area contributed by atoms with E-state index in [4.69, 9.17) is 4.74 Å². The van der Waals surface area contributed by atoms with Gasteiger partial charge in [0.25, 0.3) is 0 Å². The monoisotopic (exact) mass is 284 g/mol. The quantitative estimate of drug-likeness (QED) is 0.821. The van der Waals surface area contributed by atoms with E-state index in [2.05, 4.69) is 5.32 Å². The van der Waals surface area contributed by atoms with Crippen LogP contribution in [0.25, 0.3) is 0 Å². The molecule has 0 aromatic carbocycles. The van der Waals surface area contributed by atoms with Gasteiger partial charge in [-0.1, -0.05) is 12.8 Å². The van der Waals surface area contributed by atoms with Crippen molar-refractivity contribution < 1.29 is 19.4 Å². The molecule has 0 atom stereocenters. The van der Waals surface area contributed by atoms with Crippen LogP contribution in [0.3, 0.4) is 0 Å². The van der Waals surface area contributed by atoms with Crippen LogP contribution in [0.15, 0.2) is 0 Å². The molecule has 6 nitrogen and oxygen atoms in total. The van der Waals surface area contributed by atoms with Crippen LogP contribution in [0.5, 0.6) is 0 Å². The Morgan fingerprint density at radius 1 is 1.30 bits per heavy atom. The van der Waals surface area contributed by atoms with Crippen molar-refractivity contribution in [2.45, 2.75) is 57.1 Å². The molecule has 0 bridgehead atoms. The van der Waals surface area contributed by atoms with Gasteiger partial charge in [0, 0.05) is 19.7 Å². The number of carbonyl (C=O) groups is 2. The maximum Gasteiger partial charge on any atom is 0.329 e. The van der Waals surface area contributed by atoms with Gasteiger partial charge in [-0.3, -0.25) is 0 Å². The lowest BCUT2D eigenvalue weighted by Gasteiger charge is -2.34. The third-order valence-electron chi connectivity index (χ3n) is 4.34. The smallest absolute Gasteiger partial charge is 0.329 e. The Morgan fingerprint density at radius 3 is 2.40 bits per heavy atom. The van der Waals surface area contributed by atoms with Crippen molar-refractivity contribution >= 4 is 12.0 Å². The molecule has 1 aliphatic carbocycles. The van der Waals surface area contributed by atoms with Crippen LogP contribution in [0.2, 0.25) is 0 Å². The first-order valence-corrected chi connectivity index (χ1v) is 7.49. The van der Waals surface area contributed by atoms with E-state index in [1.165, 1.54) is 0 Å². The number of hydrogen-bond acceptors (Lipinski definition) is 3. The number of carboxylic acids is 1. The molecule has 2 amide bonds. The minimum Gasteiger partial charge on any atom is -0.480 e. The number of ether oxygens (including phenoxy) is 1. The highest BCUT2D eigenvalue weighted by atomic mass is 16.5. The van der Waals surface area contributed by atoms with E-state index in [1.54, 1.807) is 4.90 Å². The Kier molecular flexibility index (Phi) is 4.86. The molecule has 1 saturated carbocycles. The predicted molar refractivity (Wildman–Crippen MR) is 73.6 cm³/mol. The van der Waals surface area contributed by atoms with Gasteiger partial charge in [-0.2, -0.15) is 0 Å². The highest BCUT2D eigenvalue weighted by molar-refractivity contribution is 5.86. The summed E-state index contributed by atoms with van der Waals surface area (Å²) < 4.78 is 5.55. The molecule has 1 aliphatic heterocycles. The average Bonchev–Trinajstić information content (AvgIpc) is 2.90. The number of rotatable bonds is 4. The molecule has 0 radical (unpaired) electrons. The Morgan fingerprint density at radius 2 is 1.90 bits per heavy atom. The summed E-state index contributed by atoms with van der Waals surface area (Å²) >= 11 is 0. The van der Waals surface area contributed by atoms with Crippen molar-refractivity contribution in [3.63, 3.8) is 0 Å². The number of nitrogens with zero attached hydrogens (tertiary/aromatic N) is 1. The molecular formula is C14H24N2O4. The number of hydrogen-bond donors (Lipinski definition) is 2. The summed E-state index contributed by atoms with van der Waals surface area (Å²) in [4.78, 5) is 25.4. The zero-order chi connectivity index (χ0) is 14.6. The maximum absolute atomic E-state index is 12.2. The fraction of sp³-hybridized carbons (Fsp3) is 0.857. The topological polar surface area (TPSA) is 78.9 Å². The number of nitrogens with one attached hydrogen (secondary N) is 1. The summed E-state index contributed by atoms with van der Waals surface area (Å²) in [6, 6.07) is -0.246. The zero-order valence-corrected chi connectivity index (χ0v) is 12.1. The summed E-state index contributed by atoms with van der Waals surface area (Å²) in [7, 11) is 0. The fourth-order valence-corrected chi connectivity index (χ4v) is 3.12. The molecule has 0 spiro atoms. The van der Waals surface area contributed by atoms with Gasteiger partial charge < -0.3 is 20.1 Å². The molecule has 1 saturated heterocycles. The normalized spacial score (nSPS) is 22.8. The predicted octanol–water partition coefficient (Wildman–Crippen LogP) is 1.59. The maximum atomic E-state index is 12.2. The van der Waals surface area contributed by atoms with Gasteiger partial charge >= 0.3 is 12.0 Å². The molecule has 1 heterocycles. The van der Waals surface area contributed by atoms with Crippen molar-refractivity contribution in [1.82, 2.24) is 10.2 Å². The van der Waals surface area contributed by atoms with E-state index < -0.39 is 11.5 Å². The zero-order valence-electron chi connectivity index (χ0n) is 12.1. The van der Waals surface area contributed by atoms with Gasteiger partial charge in [-0.15, -0.1) is 0 Å². The Labute approximate surface area is 119 Å². The molecule has 114 valence electrons. The number of carboxylic acid groups (broad SMARTS) is 1. The second-order valence-electron chi connectivity index (χ2n) is 5.67. The molecule has 6 heteroatoms. The molecule has 2 N–H and O–H groups in total. The first-order chi connectivity index (χ1) is 9.57. The standard InChI is InChI=1S/C14H24N2O4/c1-2-20-11-5-9-16(10-6-11)13(19)15-14(12(17)18)7-3-4-8-14/h11H,2-10H2,1H3,(H,15,19)(H,17,18). The molecule has 2 fully saturated rings. The second-order valence-corrected chi connectivity index (χ2v) is 5.67. The van der Waals surface area contributed by atoms with Gasteiger partial charge in [0.1, 0.15) is 5.54 Å². The lowest BCUT2D eigenvalue weighted by molar-refractivity contribution is -0.144. The lowest BCUT2D eigenvalue weighted by Crippen LogP contribution is -2.57. The third-order valence-corrected chi connectivity index (χ3v) is 4.34. The van der Waals surface area contributed by atoms with Crippen molar-refractivity contribution in [2.75, 3.05) is 19.7 Å². The van der Waals surface area contributed by atoms with Crippen molar-refractivity contribution in [1.29, 1.82) is 0 Å². The van der Waals surface area contributed by atoms with Crippen molar-refractivity contribution in [3.05, 3.63) is 0 Å². The van der Waals surface area contributed by atoms with E-state index in [-0.39, 0.29) is 12.1 Å². The van der Waals surface area contributed by atoms with E-state index in [0.29, 0.717) is 32.5 Å². The van der Waals surface area contributed by atoms with Crippen LogP contribution < -0.4 is 5.32 Å². The summed E-state index contributed by atoms with van der Waals surface area (Å²) in [5.74, 6) is -0.910. The number of likely N-dealkylation sites (tertiary alicyclic amines) is 1. The van der Waals surface area contributed by atoms with E-state index in [0.717, 1.165) is 25.7 Å². The minimum atomic E-state index is -1.05. The number of aliphatic carboxylic acids is 1. The summed E-state index contributed by atoms with van der Waals surface area (Å²) in [5, 5.41) is 12.1. The molecule has 2 rings (SSSR count). The summed E-state index contributed by atoms with van der Waals surface area (Å²) in [5.41, 5.74) is -1.05. The summed E-state index contributed by atoms with van der Waals surface area (Å²) in [6.07, 6.45) is 4.65. The van der Waals surface area contributed by atoms with Crippen LogP contribution in [0, 0.1) is 0 Å². The van der Waals surface area contributed by atoms with Crippen LogP contribution in [0.4, 0.5) is 4.79 Å². The second kappa shape index (κ2) is 6.43. The Hall–Kier alpha value is -1.30. The molecule has 0 aromatic heterocycles. The van der Waals surface area contributed by atoms with Gasteiger partial charge in [-0.25, -0.2) is 9.59 Å². The van der Waals surface area contributed by atoms with Gasteiger partial charge in [0.05, 0.1) is 6.10 Å². The van der Waals surface area contributed by atoms with Crippen molar-refractivity contribution in [2.24, 2.45) is 0 Å². The van der Waals surface area contributed by atoms with Gasteiger partial charge in [0.2, 0.25) is 0 Å². The lowest BCUT2D eigenvalue weighted by atomic mass is 9.98. The molecule has 0 aromatic rings. The number of carbonyl (C=O) groups excluding carboxylic acids is 1. The molecular weight excluding hydrogens is 260 g/mol. The SMILES string of the molecule is CCOC1CCN(C(=O)NC2(C(=O)O)CCCC2)CC1. The Balaban J connectivity index is 1.87. The number of urea groups is 1. The first kappa shape index (κ1) is 15.1. The Bertz CT molecular complexity index is 358. The number of amides is 2. The molecule has 20 heavy (non-hydrogen) atoms. The first-order valence-electron chi connectivity index (χ1n) is 7.49. The van der Waals surface area contributed by atoms with Crippen LogP contribution >= 0.6 is 0 Å². The molecule has 2 aliphatic rings. The van der Waals surface area contributed by atoms with Gasteiger partial charge in [-0.05, 0) is 32.6 Å². The highest BCUT2D eigenvalue weighted by Crippen LogP contribution is 2.30. The van der Waals surface area contributed by atoms with Crippen molar-refractivity contribution in [3.8, 4) is 0 Å². The van der Waals surface area contributed by atoms with Gasteiger partial charge in [0.15, 0.2) is 0 Å². The average molecular weight is 284 g/mol. The van der Waals surface area contributed by atoms with E-state index >= 15 is 0 Å². The largest absolute Gasteiger partial charge is 0.480 e. The van der Waals surface area contributed by atoms with E-state index in [9.17, 15) is 14.7 Å². The minimum absolute atomic E-state index is 0.226. The van der Waals surface area contributed by atoms with Crippen LogP contribution in [-0.2, 0) is 9.53 Å². The van der Waals surface area contributed by atoms with Crippen LogP contribution in [0.1, 0.15) is 45.4 Å². The summed E-state index contributed by atoms with van der Waals surface area (Å²) in [6.45, 7) is 3.92.